The molecule has 0 aliphatic carbocycles. The van der Waals surface area contributed by atoms with Crippen LogP contribution in [0.5, 0.6) is 0 Å². The molecule has 182 valence electrons. The first-order chi connectivity index (χ1) is 16.1. The first kappa shape index (κ1) is 25.6. The number of carbonyl (C=O) groups is 1. The fourth-order valence-corrected chi connectivity index (χ4v) is 3.87. The molecule has 4 nitrogen and oxygen atoms in total. The molecule has 0 radical (unpaired) electrons. The van der Waals surface area contributed by atoms with E-state index in [4.69, 9.17) is 4.74 Å². The van der Waals surface area contributed by atoms with Crippen molar-refractivity contribution in [2.45, 2.75) is 52.6 Å². The molecule has 0 aliphatic rings. The van der Waals surface area contributed by atoms with Crippen LogP contribution in [-0.2, 0) is 30.5 Å². The third-order valence-corrected chi connectivity index (χ3v) is 6.20. The summed E-state index contributed by atoms with van der Waals surface area (Å²) in [6.07, 6.45) is -2.39. The van der Waals surface area contributed by atoms with Crippen molar-refractivity contribution in [3.05, 3.63) is 94.8 Å². The molecule has 3 aromatic rings. The average Bonchev–Trinajstić information content (AvgIpc) is 3.23. The number of alkyl halides is 3. The molecule has 34 heavy (non-hydrogen) atoms. The number of ether oxygens (including phenoxy) is 1. The predicted octanol–water partition coefficient (Wildman–Crippen LogP) is 6.39. The monoisotopic (exact) mass is 472 g/mol. The van der Waals surface area contributed by atoms with Gasteiger partial charge in [0.05, 0.1) is 18.2 Å². The highest BCUT2D eigenvalue weighted by Gasteiger charge is 2.30. The van der Waals surface area contributed by atoms with Gasteiger partial charge in [-0.3, -0.25) is 4.90 Å². The van der Waals surface area contributed by atoms with Crippen LogP contribution in [0.3, 0.4) is 0 Å². The molecular formula is C27H31F3N2O2. The van der Waals surface area contributed by atoms with E-state index in [2.05, 4.69) is 30.2 Å². The van der Waals surface area contributed by atoms with Crippen molar-refractivity contribution in [2.75, 3.05) is 7.11 Å². The lowest BCUT2D eigenvalue weighted by Gasteiger charge is -2.32. The van der Waals surface area contributed by atoms with Gasteiger partial charge in [0.1, 0.15) is 0 Å². The van der Waals surface area contributed by atoms with Gasteiger partial charge < -0.3 is 9.30 Å². The number of hydrogen-bond donors (Lipinski definition) is 0. The molecular weight excluding hydrogens is 441 g/mol. The standard InChI is InChI=1S/C27H31F3N2O2/c1-19(2)20(3)32(17-22-7-5-8-23(15-22)26(33)34-4)18-25-9-6-14-31(25)16-21-10-12-24(13-11-21)27(28,29)30/h5-15,19-20H,16-18H2,1-4H3. The zero-order chi connectivity index (χ0) is 24.9. The quantitative estimate of drug-likeness (QED) is 0.339. The topological polar surface area (TPSA) is 34.5 Å². The van der Waals surface area contributed by atoms with Gasteiger partial charge in [-0.2, -0.15) is 13.2 Å². The third kappa shape index (κ3) is 6.50. The van der Waals surface area contributed by atoms with E-state index in [0.29, 0.717) is 31.1 Å². The molecule has 0 saturated carbocycles. The second-order valence-corrected chi connectivity index (χ2v) is 8.90. The molecule has 1 atom stereocenters. The summed E-state index contributed by atoms with van der Waals surface area (Å²) in [5, 5.41) is 0. The maximum atomic E-state index is 12.9. The van der Waals surface area contributed by atoms with E-state index < -0.39 is 11.7 Å². The number of rotatable bonds is 9. The summed E-state index contributed by atoms with van der Waals surface area (Å²) in [4.78, 5) is 14.3. The second kappa shape index (κ2) is 10.9. The molecule has 0 spiro atoms. The van der Waals surface area contributed by atoms with Crippen molar-refractivity contribution >= 4 is 5.97 Å². The fraction of sp³-hybridized carbons (Fsp3) is 0.370. The Balaban J connectivity index is 1.79. The van der Waals surface area contributed by atoms with Gasteiger partial charge in [0.15, 0.2) is 0 Å². The van der Waals surface area contributed by atoms with Crippen molar-refractivity contribution in [3.8, 4) is 0 Å². The van der Waals surface area contributed by atoms with Crippen molar-refractivity contribution in [3.63, 3.8) is 0 Å². The molecule has 2 aromatic carbocycles. The van der Waals surface area contributed by atoms with Crippen LogP contribution >= 0.6 is 0 Å². The number of esters is 1. The number of carbonyl (C=O) groups excluding carboxylic acids is 1. The normalized spacial score (nSPS) is 12.9. The molecule has 1 aromatic heterocycles. The van der Waals surface area contributed by atoms with Crippen LogP contribution < -0.4 is 0 Å². The lowest BCUT2D eigenvalue weighted by molar-refractivity contribution is -0.137. The zero-order valence-electron chi connectivity index (χ0n) is 20.0. The van der Waals surface area contributed by atoms with Crippen molar-refractivity contribution < 1.29 is 22.7 Å². The molecule has 0 aliphatic heterocycles. The van der Waals surface area contributed by atoms with E-state index in [1.807, 2.05) is 36.5 Å². The van der Waals surface area contributed by atoms with Gasteiger partial charge in [-0.1, -0.05) is 38.1 Å². The van der Waals surface area contributed by atoms with E-state index >= 15 is 0 Å². The first-order valence-corrected chi connectivity index (χ1v) is 11.3. The molecule has 0 amide bonds. The van der Waals surface area contributed by atoms with E-state index in [0.717, 1.165) is 29.0 Å². The zero-order valence-corrected chi connectivity index (χ0v) is 20.0. The Hall–Kier alpha value is -3.06. The first-order valence-electron chi connectivity index (χ1n) is 11.3. The Morgan fingerprint density at radius 2 is 1.68 bits per heavy atom. The summed E-state index contributed by atoms with van der Waals surface area (Å²) >= 11 is 0. The highest BCUT2D eigenvalue weighted by molar-refractivity contribution is 5.89. The summed E-state index contributed by atoms with van der Waals surface area (Å²) < 4.78 is 45.5. The number of halogens is 3. The maximum absolute atomic E-state index is 12.9. The van der Waals surface area contributed by atoms with E-state index in [1.54, 1.807) is 6.07 Å². The maximum Gasteiger partial charge on any atom is 0.416 e. The highest BCUT2D eigenvalue weighted by Crippen LogP contribution is 2.29. The number of methoxy groups -OCH3 is 1. The average molecular weight is 473 g/mol. The third-order valence-electron chi connectivity index (χ3n) is 6.20. The molecule has 0 bridgehead atoms. The van der Waals surface area contributed by atoms with Gasteiger partial charge in [-0.25, -0.2) is 4.79 Å². The Kier molecular flexibility index (Phi) is 8.20. The van der Waals surface area contributed by atoms with Gasteiger partial charge in [-0.15, -0.1) is 0 Å². The minimum Gasteiger partial charge on any atom is -0.465 e. The van der Waals surface area contributed by atoms with Crippen molar-refractivity contribution in [1.29, 1.82) is 0 Å². The Bertz CT molecular complexity index is 1090. The Morgan fingerprint density at radius 3 is 2.29 bits per heavy atom. The number of benzene rings is 2. The van der Waals surface area contributed by atoms with Gasteiger partial charge in [0.25, 0.3) is 0 Å². The SMILES string of the molecule is COC(=O)c1cccc(CN(Cc2cccn2Cc2ccc(C(F)(F)F)cc2)C(C)C(C)C)c1. The van der Waals surface area contributed by atoms with Crippen LogP contribution in [0.2, 0.25) is 0 Å². The Labute approximate surface area is 199 Å². The molecule has 0 N–H and O–H groups in total. The van der Waals surface area contributed by atoms with Crippen LogP contribution in [0, 0.1) is 5.92 Å². The number of aromatic nitrogens is 1. The summed E-state index contributed by atoms with van der Waals surface area (Å²) in [5.74, 6) is 0.0397. The smallest absolute Gasteiger partial charge is 0.416 e. The highest BCUT2D eigenvalue weighted by atomic mass is 19.4. The van der Waals surface area contributed by atoms with Crippen molar-refractivity contribution in [2.24, 2.45) is 5.92 Å². The fourth-order valence-electron chi connectivity index (χ4n) is 3.87. The molecule has 1 heterocycles. The summed E-state index contributed by atoms with van der Waals surface area (Å²) in [7, 11) is 1.37. The second-order valence-electron chi connectivity index (χ2n) is 8.90. The van der Waals surface area contributed by atoms with Gasteiger partial charge >= 0.3 is 12.1 Å². The molecule has 0 saturated heterocycles. The van der Waals surface area contributed by atoms with Crippen molar-refractivity contribution in [1.82, 2.24) is 9.47 Å². The lowest BCUT2D eigenvalue weighted by atomic mass is 10.0. The van der Waals surface area contributed by atoms with E-state index in [9.17, 15) is 18.0 Å². The van der Waals surface area contributed by atoms with Crippen LogP contribution in [0.25, 0.3) is 0 Å². The molecule has 0 fully saturated rings. The summed E-state index contributed by atoms with van der Waals surface area (Å²) in [5.41, 5.74) is 2.75. The van der Waals surface area contributed by atoms with Gasteiger partial charge in [0, 0.05) is 37.6 Å². The van der Waals surface area contributed by atoms with Crippen LogP contribution in [0.1, 0.15) is 53.5 Å². The Morgan fingerprint density at radius 1 is 0.971 bits per heavy atom. The van der Waals surface area contributed by atoms with Gasteiger partial charge in [-0.05, 0) is 60.4 Å². The van der Waals surface area contributed by atoms with Gasteiger partial charge in [0.2, 0.25) is 0 Å². The number of nitrogens with zero attached hydrogens (tertiary/aromatic N) is 2. The minimum atomic E-state index is -4.34. The van der Waals surface area contributed by atoms with Crippen LogP contribution in [-0.4, -0.2) is 28.6 Å². The lowest BCUT2D eigenvalue weighted by Crippen LogP contribution is -2.36. The van der Waals surface area contributed by atoms with E-state index in [1.165, 1.54) is 19.2 Å². The molecule has 1 unspecified atom stereocenters. The largest absolute Gasteiger partial charge is 0.465 e. The minimum absolute atomic E-state index is 0.260. The molecule has 3 rings (SSSR count). The predicted molar refractivity (Wildman–Crippen MR) is 126 cm³/mol. The van der Waals surface area contributed by atoms with Crippen LogP contribution in [0.4, 0.5) is 13.2 Å². The summed E-state index contributed by atoms with van der Waals surface area (Å²) in [6.45, 7) is 8.32. The molecule has 7 heteroatoms. The summed E-state index contributed by atoms with van der Waals surface area (Å²) in [6, 6.07) is 17.0. The number of hydrogen-bond acceptors (Lipinski definition) is 3. The van der Waals surface area contributed by atoms with Crippen LogP contribution in [0.15, 0.2) is 66.9 Å². The van der Waals surface area contributed by atoms with E-state index in [-0.39, 0.29) is 12.0 Å².